The summed E-state index contributed by atoms with van der Waals surface area (Å²) in [6.07, 6.45) is 7.57. The van der Waals surface area contributed by atoms with Crippen molar-refractivity contribution in [2.75, 3.05) is 12.4 Å². The number of nitrogens with zero attached hydrogens (tertiary/aromatic N) is 1. The molecule has 0 radical (unpaired) electrons. The molecule has 0 spiro atoms. The summed E-state index contributed by atoms with van der Waals surface area (Å²) in [5.74, 6) is 1.63. The van der Waals surface area contributed by atoms with Crippen LogP contribution >= 0.6 is 22.6 Å². The van der Waals surface area contributed by atoms with Crippen LogP contribution in [0.4, 0.5) is 11.4 Å². The number of nitrogens with one attached hydrogen (secondary N) is 1. The fraction of sp³-hybridized carbons (Fsp3) is 0.192. The molecule has 0 fully saturated rings. The van der Waals surface area contributed by atoms with Gasteiger partial charge in [-0.2, -0.15) is 0 Å². The van der Waals surface area contributed by atoms with Crippen LogP contribution in [-0.2, 0) is 0 Å². The van der Waals surface area contributed by atoms with Gasteiger partial charge in [0, 0.05) is 17.8 Å². The molecular formula is C26H23IN2O2. The van der Waals surface area contributed by atoms with E-state index in [1.165, 1.54) is 16.8 Å². The Balaban J connectivity index is 1.37. The Morgan fingerprint density at radius 3 is 2.74 bits per heavy atom. The van der Waals surface area contributed by atoms with Crippen molar-refractivity contribution in [3.63, 3.8) is 0 Å². The average Bonchev–Trinajstić information content (AvgIpc) is 3.30. The molecule has 1 aliphatic carbocycles. The second-order valence-corrected chi connectivity index (χ2v) is 9.13. The Kier molecular flexibility index (Phi) is 5.44. The van der Waals surface area contributed by atoms with E-state index in [0.29, 0.717) is 17.6 Å². The van der Waals surface area contributed by atoms with Gasteiger partial charge in [-0.25, -0.2) is 0 Å². The zero-order valence-electron chi connectivity index (χ0n) is 17.1. The van der Waals surface area contributed by atoms with Crippen molar-refractivity contribution in [3.05, 3.63) is 93.1 Å². The largest absolute Gasteiger partial charge is 0.504 e. The van der Waals surface area contributed by atoms with E-state index in [1.54, 1.807) is 19.4 Å². The highest BCUT2D eigenvalue weighted by Gasteiger charge is 2.37. The fourth-order valence-electron chi connectivity index (χ4n) is 4.61. The van der Waals surface area contributed by atoms with Gasteiger partial charge in [0.15, 0.2) is 11.5 Å². The van der Waals surface area contributed by atoms with E-state index < -0.39 is 0 Å². The Hall–Kier alpha value is -2.80. The van der Waals surface area contributed by atoms with Crippen molar-refractivity contribution in [2.24, 2.45) is 10.9 Å². The van der Waals surface area contributed by atoms with Gasteiger partial charge < -0.3 is 15.2 Å². The number of halogens is 1. The van der Waals surface area contributed by atoms with Crippen molar-refractivity contribution in [1.29, 1.82) is 0 Å². The van der Waals surface area contributed by atoms with Crippen LogP contribution < -0.4 is 10.1 Å². The highest BCUT2D eigenvalue weighted by molar-refractivity contribution is 14.1. The molecule has 2 N–H and O–H groups in total. The molecule has 31 heavy (non-hydrogen) atoms. The number of methoxy groups -OCH3 is 1. The minimum absolute atomic E-state index is 0.158. The van der Waals surface area contributed by atoms with Crippen LogP contribution in [0.3, 0.4) is 0 Å². The number of allylic oxidation sites excluding steroid dienone is 2. The predicted molar refractivity (Wildman–Crippen MR) is 134 cm³/mol. The normalized spacial score (nSPS) is 21.5. The van der Waals surface area contributed by atoms with Crippen LogP contribution in [0.25, 0.3) is 0 Å². The lowest BCUT2D eigenvalue weighted by Crippen LogP contribution is -2.28. The molecule has 2 aliphatic rings. The minimum Gasteiger partial charge on any atom is -0.504 e. The lowest BCUT2D eigenvalue weighted by atomic mass is 9.77. The number of anilines is 1. The van der Waals surface area contributed by atoms with Gasteiger partial charge in [-0.05, 0) is 82.0 Å². The molecule has 1 aliphatic heterocycles. The molecule has 0 unspecified atom stereocenters. The van der Waals surface area contributed by atoms with Crippen molar-refractivity contribution < 1.29 is 9.84 Å². The highest BCUT2D eigenvalue weighted by Crippen LogP contribution is 2.49. The monoisotopic (exact) mass is 522 g/mol. The van der Waals surface area contributed by atoms with Crippen molar-refractivity contribution >= 4 is 40.2 Å². The van der Waals surface area contributed by atoms with E-state index in [9.17, 15) is 5.11 Å². The summed E-state index contributed by atoms with van der Waals surface area (Å²) >= 11 is 2.09. The molecule has 0 saturated heterocycles. The summed E-state index contributed by atoms with van der Waals surface area (Å²) < 4.78 is 5.97. The molecule has 0 bridgehead atoms. The molecule has 3 aromatic carbocycles. The van der Waals surface area contributed by atoms with Crippen molar-refractivity contribution in [1.82, 2.24) is 0 Å². The fourth-order valence-corrected chi connectivity index (χ4v) is 5.24. The number of hydrogen-bond donors (Lipinski definition) is 2. The second kappa shape index (κ2) is 8.38. The van der Waals surface area contributed by atoms with Crippen LogP contribution in [0.15, 0.2) is 77.8 Å². The minimum atomic E-state index is 0.158. The summed E-state index contributed by atoms with van der Waals surface area (Å²) in [5.41, 5.74) is 5.70. The lowest BCUT2D eigenvalue weighted by Gasteiger charge is -2.37. The number of phenolic OH excluding ortho intramolecular Hbond substituents is 1. The van der Waals surface area contributed by atoms with Gasteiger partial charge in [-0.15, -0.1) is 0 Å². The zero-order chi connectivity index (χ0) is 21.4. The van der Waals surface area contributed by atoms with Gasteiger partial charge in [0.25, 0.3) is 0 Å². The summed E-state index contributed by atoms with van der Waals surface area (Å²) in [6.45, 7) is 0. The van der Waals surface area contributed by atoms with Gasteiger partial charge in [0.1, 0.15) is 0 Å². The van der Waals surface area contributed by atoms with Crippen LogP contribution in [0.1, 0.15) is 35.1 Å². The lowest BCUT2D eigenvalue weighted by molar-refractivity contribution is 0.371. The Morgan fingerprint density at radius 2 is 1.94 bits per heavy atom. The summed E-state index contributed by atoms with van der Waals surface area (Å²) in [5, 5.41) is 13.8. The third kappa shape index (κ3) is 3.83. The van der Waals surface area contributed by atoms with Crippen molar-refractivity contribution in [2.45, 2.75) is 18.4 Å². The molecule has 156 valence electrons. The van der Waals surface area contributed by atoms with Gasteiger partial charge in [0.2, 0.25) is 0 Å². The van der Waals surface area contributed by atoms with Gasteiger partial charge in [-0.1, -0.05) is 42.5 Å². The molecule has 5 heteroatoms. The predicted octanol–water partition coefficient (Wildman–Crippen LogP) is 6.58. The Bertz CT molecular complexity index is 1170. The summed E-state index contributed by atoms with van der Waals surface area (Å²) in [7, 11) is 1.55. The molecule has 3 atom stereocenters. The SMILES string of the molecule is COc1cc(C=Nc2ccc([C@@H]3Nc4ccccc4[C@@H]4C=CC[C@H]43)cc2)cc(I)c1O. The van der Waals surface area contributed by atoms with E-state index in [1.807, 2.05) is 6.07 Å². The Morgan fingerprint density at radius 1 is 1.13 bits per heavy atom. The number of ether oxygens (including phenoxy) is 1. The Labute approximate surface area is 195 Å². The number of phenols is 1. The molecule has 3 aromatic rings. The number of rotatable bonds is 4. The smallest absolute Gasteiger partial charge is 0.171 e. The van der Waals surface area contributed by atoms with Gasteiger partial charge in [-0.3, -0.25) is 4.99 Å². The molecule has 0 amide bonds. The average molecular weight is 522 g/mol. The quantitative estimate of drug-likeness (QED) is 0.231. The van der Waals surface area contributed by atoms with E-state index in [0.717, 1.165) is 21.2 Å². The molecule has 0 saturated carbocycles. The maximum atomic E-state index is 10.0. The first-order valence-electron chi connectivity index (χ1n) is 10.4. The number of benzene rings is 3. The maximum absolute atomic E-state index is 10.0. The molecule has 0 aromatic heterocycles. The second-order valence-electron chi connectivity index (χ2n) is 7.97. The van der Waals surface area contributed by atoms with E-state index in [4.69, 9.17) is 4.74 Å². The standard InChI is InChI=1S/C26H23IN2O2/c1-31-24-14-16(13-22(27)26(24)30)15-28-18-11-9-17(10-12-18)25-21-7-4-6-19(21)20-5-2-3-8-23(20)29-25/h2-6,8-15,19,21,25,29-30H,7H2,1H3/t19-,21+,25-/m0/s1. The number of aromatic hydroxyl groups is 1. The number of aliphatic imine (C=N–C) groups is 1. The summed E-state index contributed by atoms with van der Waals surface area (Å²) in [6, 6.07) is 21.1. The number of fused-ring (bicyclic) bond motifs is 3. The highest BCUT2D eigenvalue weighted by atomic mass is 127. The van der Waals surface area contributed by atoms with Crippen molar-refractivity contribution in [3.8, 4) is 11.5 Å². The van der Waals surface area contributed by atoms with Crippen LogP contribution in [0, 0.1) is 9.49 Å². The van der Waals surface area contributed by atoms with Crippen LogP contribution in [0.5, 0.6) is 11.5 Å². The van der Waals surface area contributed by atoms with Crippen LogP contribution in [-0.4, -0.2) is 18.4 Å². The zero-order valence-corrected chi connectivity index (χ0v) is 19.3. The number of para-hydroxylation sites is 1. The van der Waals surface area contributed by atoms with Gasteiger partial charge in [0.05, 0.1) is 22.4 Å². The van der Waals surface area contributed by atoms with E-state index in [2.05, 4.69) is 93.6 Å². The molecule has 5 rings (SSSR count). The maximum Gasteiger partial charge on any atom is 0.171 e. The van der Waals surface area contributed by atoms with Crippen LogP contribution in [0.2, 0.25) is 0 Å². The third-order valence-electron chi connectivity index (χ3n) is 6.16. The first-order valence-corrected chi connectivity index (χ1v) is 11.4. The third-order valence-corrected chi connectivity index (χ3v) is 6.98. The van der Waals surface area contributed by atoms with E-state index in [-0.39, 0.29) is 11.8 Å². The molecular weight excluding hydrogens is 499 g/mol. The summed E-state index contributed by atoms with van der Waals surface area (Å²) in [4.78, 5) is 4.61. The topological polar surface area (TPSA) is 53.8 Å². The molecule has 1 heterocycles. The first-order chi connectivity index (χ1) is 15.1. The first kappa shape index (κ1) is 20.1. The molecule has 4 nitrogen and oxygen atoms in total. The van der Waals surface area contributed by atoms with Gasteiger partial charge >= 0.3 is 0 Å². The van der Waals surface area contributed by atoms with E-state index >= 15 is 0 Å². The number of hydrogen-bond acceptors (Lipinski definition) is 4.